The van der Waals surface area contributed by atoms with Crippen LogP contribution in [0.15, 0.2) is 41.1 Å². The first-order chi connectivity index (χ1) is 8.88. The summed E-state index contributed by atoms with van der Waals surface area (Å²) in [4.78, 5) is 7.72. The van der Waals surface area contributed by atoms with Gasteiger partial charge in [-0.3, -0.25) is 0 Å². The number of imidazole rings is 1. The van der Waals surface area contributed by atoms with Crippen LogP contribution in [0.2, 0.25) is 0 Å². The fraction of sp³-hybridized carbons (Fsp3) is 0.214. The molecule has 3 rings (SSSR count). The smallest absolute Gasteiger partial charge is 0.141 e. The topological polar surface area (TPSA) is 53.9 Å². The molecule has 0 spiro atoms. The Bertz CT molecular complexity index is 654. The minimum absolute atomic E-state index is 0.805. The highest BCUT2D eigenvalue weighted by molar-refractivity contribution is 5.91. The highest BCUT2D eigenvalue weighted by atomic mass is 16.3. The van der Waals surface area contributed by atoms with E-state index in [4.69, 9.17) is 4.42 Å². The summed E-state index contributed by atoms with van der Waals surface area (Å²) in [6.45, 7) is 3.84. The van der Waals surface area contributed by atoms with Gasteiger partial charge in [0.2, 0.25) is 0 Å². The summed E-state index contributed by atoms with van der Waals surface area (Å²) in [6, 6.07) is 7.97. The zero-order valence-corrected chi connectivity index (χ0v) is 10.2. The van der Waals surface area contributed by atoms with Gasteiger partial charge in [-0.1, -0.05) is 25.1 Å². The molecule has 2 heterocycles. The third kappa shape index (κ3) is 1.91. The maximum atomic E-state index is 5.52. The van der Waals surface area contributed by atoms with Crippen LogP contribution in [0, 0.1) is 0 Å². The number of H-pyrrole nitrogens is 1. The number of nitrogens with zero attached hydrogens (tertiary/aromatic N) is 1. The first-order valence-electron chi connectivity index (χ1n) is 6.09. The van der Waals surface area contributed by atoms with Gasteiger partial charge in [0.05, 0.1) is 5.56 Å². The molecule has 1 aromatic carbocycles. The number of benzene rings is 1. The Morgan fingerprint density at radius 1 is 1.33 bits per heavy atom. The van der Waals surface area contributed by atoms with E-state index >= 15 is 0 Å². The van der Waals surface area contributed by atoms with Gasteiger partial charge < -0.3 is 14.7 Å². The fourth-order valence-electron chi connectivity index (χ4n) is 2.01. The highest BCUT2D eigenvalue weighted by Crippen LogP contribution is 2.28. The summed E-state index contributed by atoms with van der Waals surface area (Å²) >= 11 is 0. The lowest BCUT2D eigenvalue weighted by Crippen LogP contribution is -2.11. The maximum absolute atomic E-state index is 5.52. The van der Waals surface area contributed by atoms with E-state index in [1.54, 1.807) is 6.26 Å². The van der Waals surface area contributed by atoms with Crippen molar-refractivity contribution in [2.75, 3.05) is 6.54 Å². The van der Waals surface area contributed by atoms with E-state index in [9.17, 15) is 0 Å². The maximum Gasteiger partial charge on any atom is 0.141 e. The third-order valence-corrected chi connectivity index (χ3v) is 2.93. The molecule has 0 atom stereocenters. The minimum atomic E-state index is 0.805. The molecule has 0 bridgehead atoms. The van der Waals surface area contributed by atoms with E-state index in [2.05, 4.69) is 22.2 Å². The van der Waals surface area contributed by atoms with E-state index in [0.29, 0.717) is 0 Å². The Morgan fingerprint density at radius 3 is 3.11 bits per heavy atom. The van der Waals surface area contributed by atoms with Crippen molar-refractivity contribution >= 4 is 11.0 Å². The number of aromatic nitrogens is 2. The number of fused-ring (bicyclic) bond motifs is 1. The summed E-state index contributed by atoms with van der Waals surface area (Å²) < 4.78 is 5.52. The Balaban J connectivity index is 1.96. The number of rotatable bonds is 4. The molecule has 0 aliphatic carbocycles. The molecular formula is C14H15N3O. The third-order valence-electron chi connectivity index (χ3n) is 2.93. The second-order valence-electron chi connectivity index (χ2n) is 4.18. The van der Waals surface area contributed by atoms with Crippen molar-refractivity contribution in [3.05, 3.63) is 42.4 Å². The van der Waals surface area contributed by atoms with Crippen molar-refractivity contribution in [1.29, 1.82) is 0 Å². The minimum Gasteiger partial charge on any atom is -0.464 e. The lowest BCUT2D eigenvalue weighted by Gasteiger charge is -1.97. The standard InChI is InChI=1S/C14H15N3O/c1-2-15-7-10-8-16-14(17-10)12-9-18-13-6-4-3-5-11(12)13/h3-6,8-9,15H,2,7H2,1H3,(H,16,17). The number of nitrogens with one attached hydrogen (secondary N) is 2. The molecule has 3 aromatic rings. The van der Waals surface area contributed by atoms with Gasteiger partial charge in [0.15, 0.2) is 0 Å². The average Bonchev–Trinajstić information content (AvgIpc) is 3.02. The largest absolute Gasteiger partial charge is 0.464 e. The van der Waals surface area contributed by atoms with Gasteiger partial charge in [-0.15, -0.1) is 0 Å². The zero-order chi connectivity index (χ0) is 12.4. The second-order valence-corrected chi connectivity index (χ2v) is 4.18. The SMILES string of the molecule is CCNCc1cnc(-c2coc3ccccc23)[nH]1. The Kier molecular flexibility index (Phi) is 2.86. The van der Waals surface area contributed by atoms with Gasteiger partial charge in [-0.05, 0) is 12.6 Å². The molecule has 2 aromatic heterocycles. The lowest BCUT2D eigenvalue weighted by atomic mass is 10.2. The van der Waals surface area contributed by atoms with Crippen LogP contribution in [0.5, 0.6) is 0 Å². The van der Waals surface area contributed by atoms with Crippen molar-refractivity contribution in [2.24, 2.45) is 0 Å². The molecule has 2 N–H and O–H groups in total. The van der Waals surface area contributed by atoms with Crippen LogP contribution >= 0.6 is 0 Å². The monoisotopic (exact) mass is 241 g/mol. The highest BCUT2D eigenvalue weighted by Gasteiger charge is 2.10. The molecule has 0 fully saturated rings. The quantitative estimate of drug-likeness (QED) is 0.738. The van der Waals surface area contributed by atoms with Gasteiger partial charge in [0.25, 0.3) is 0 Å². The predicted molar refractivity (Wildman–Crippen MR) is 71.2 cm³/mol. The van der Waals surface area contributed by atoms with Gasteiger partial charge >= 0.3 is 0 Å². The van der Waals surface area contributed by atoms with Gasteiger partial charge in [-0.2, -0.15) is 0 Å². The molecule has 4 nitrogen and oxygen atoms in total. The van der Waals surface area contributed by atoms with Crippen LogP contribution in [0.25, 0.3) is 22.4 Å². The number of para-hydroxylation sites is 1. The van der Waals surface area contributed by atoms with Gasteiger partial charge in [-0.25, -0.2) is 4.98 Å². The molecule has 0 amide bonds. The van der Waals surface area contributed by atoms with E-state index in [1.807, 2.05) is 30.5 Å². The van der Waals surface area contributed by atoms with Gasteiger partial charge in [0.1, 0.15) is 17.7 Å². The second kappa shape index (κ2) is 4.66. The number of hydrogen-bond acceptors (Lipinski definition) is 3. The molecule has 0 aliphatic heterocycles. The van der Waals surface area contributed by atoms with Crippen LogP contribution in [0.1, 0.15) is 12.6 Å². The summed E-state index contributed by atoms with van der Waals surface area (Å²) in [5.41, 5.74) is 2.97. The molecule has 18 heavy (non-hydrogen) atoms. The molecule has 0 unspecified atom stereocenters. The molecule has 0 saturated carbocycles. The van der Waals surface area contributed by atoms with E-state index in [-0.39, 0.29) is 0 Å². The van der Waals surface area contributed by atoms with Crippen molar-refractivity contribution in [1.82, 2.24) is 15.3 Å². The Labute approximate surface area is 105 Å². The number of aromatic amines is 1. The van der Waals surface area contributed by atoms with Crippen molar-refractivity contribution in [3.8, 4) is 11.4 Å². The van der Waals surface area contributed by atoms with Crippen LogP contribution in [-0.4, -0.2) is 16.5 Å². The molecule has 0 aliphatic rings. The van der Waals surface area contributed by atoms with Crippen LogP contribution < -0.4 is 5.32 Å². The van der Waals surface area contributed by atoms with Crippen LogP contribution in [0.4, 0.5) is 0 Å². The molecule has 0 saturated heterocycles. The number of furan rings is 1. The summed E-state index contributed by atoms with van der Waals surface area (Å²) in [5.74, 6) is 0.854. The summed E-state index contributed by atoms with van der Waals surface area (Å²) in [5, 5.41) is 4.35. The van der Waals surface area contributed by atoms with Crippen molar-refractivity contribution < 1.29 is 4.42 Å². The van der Waals surface area contributed by atoms with E-state index in [0.717, 1.165) is 41.1 Å². The van der Waals surface area contributed by atoms with E-state index in [1.165, 1.54) is 0 Å². The van der Waals surface area contributed by atoms with Crippen molar-refractivity contribution in [2.45, 2.75) is 13.5 Å². The van der Waals surface area contributed by atoms with E-state index < -0.39 is 0 Å². The Morgan fingerprint density at radius 2 is 2.22 bits per heavy atom. The van der Waals surface area contributed by atoms with Crippen LogP contribution in [-0.2, 0) is 6.54 Å². The van der Waals surface area contributed by atoms with Crippen LogP contribution in [0.3, 0.4) is 0 Å². The van der Waals surface area contributed by atoms with Gasteiger partial charge in [0, 0.05) is 23.8 Å². The predicted octanol–water partition coefficient (Wildman–Crippen LogP) is 2.93. The number of hydrogen-bond donors (Lipinski definition) is 2. The lowest BCUT2D eigenvalue weighted by molar-refractivity contribution is 0.616. The molecule has 92 valence electrons. The molecule has 4 heteroatoms. The van der Waals surface area contributed by atoms with Crippen molar-refractivity contribution in [3.63, 3.8) is 0 Å². The first kappa shape index (κ1) is 11.0. The molecule has 0 radical (unpaired) electrons. The Hall–Kier alpha value is -2.07. The first-order valence-corrected chi connectivity index (χ1v) is 6.09. The summed E-state index contributed by atoms with van der Waals surface area (Å²) in [6.07, 6.45) is 3.61. The fourth-order valence-corrected chi connectivity index (χ4v) is 2.01. The molecular weight excluding hydrogens is 226 g/mol. The zero-order valence-electron chi connectivity index (χ0n) is 10.2. The average molecular weight is 241 g/mol. The summed E-state index contributed by atoms with van der Waals surface area (Å²) in [7, 11) is 0. The normalized spacial score (nSPS) is 11.2.